The fourth-order valence-electron chi connectivity index (χ4n) is 4.07. The first-order valence-electron chi connectivity index (χ1n) is 11.0. The van der Waals surface area contributed by atoms with Crippen LogP contribution in [0.4, 0.5) is 5.69 Å². The van der Waals surface area contributed by atoms with Crippen LogP contribution < -0.4 is 5.32 Å². The molecule has 0 unspecified atom stereocenters. The van der Waals surface area contributed by atoms with Crippen LogP contribution in [0.15, 0.2) is 39.8 Å². The maximum atomic E-state index is 6.20. The van der Waals surface area contributed by atoms with Crippen LogP contribution in [-0.2, 0) is 4.74 Å². The standard InChI is InChI=1S/C22H29N5O2/c1-3-7-17(8-4-1)24-22(27-13-5-2-6-14-27)23-15-18-11-12-19(28-18)21-25-20(26-29-21)16-9-10-16/h1,3-4,7-8,16,18-19H,2,5-6,9-15H2,(H,23,24)/t18-,19+/m1/s1. The third-order valence-corrected chi connectivity index (χ3v) is 5.91. The van der Waals surface area contributed by atoms with Gasteiger partial charge in [-0.1, -0.05) is 23.4 Å². The molecule has 154 valence electrons. The van der Waals surface area contributed by atoms with Gasteiger partial charge in [-0.25, -0.2) is 0 Å². The number of piperidine rings is 1. The van der Waals surface area contributed by atoms with E-state index in [0.29, 0.717) is 18.4 Å². The highest BCUT2D eigenvalue weighted by molar-refractivity contribution is 5.93. The molecule has 3 heterocycles. The van der Waals surface area contributed by atoms with Crippen LogP contribution in [0.3, 0.4) is 0 Å². The Morgan fingerprint density at radius 3 is 2.69 bits per heavy atom. The van der Waals surface area contributed by atoms with Gasteiger partial charge in [0.1, 0.15) is 6.10 Å². The fourth-order valence-corrected chi connectivity index (χ4v) is 4.07. The zero-order chi connectivity index (χ0) is 19.5. The largest absolute Gasteiger partial charge is 0.363 e. The van der Waals surface area contributed by atoms with Crippen molar-refractivity contribution in [1.82, 2.24) is 15.0 Å². The SMILES string of the molecule is c1ccc(NC(=NC[C@H]2CC[C@@H](c3nc(C4CC4)no3)O2)N2CCCCC2)cc1. The lowest BCUT2D eigenvalue weighted by atomic mass is 10.1. The molecule has 5 rings (SSSR count). The number of anilines is 1. The van der Waals surface area contributed by atoms with Gasteiger partial charge in [0, 0.05) is 24.7 Å². The monoisotopic (exact) mass is 395 g/mol. The number of aromatic nitrogens is 2. The zero-order valence-electron chi connectivity index (χ0n) is 16.8. The average molecular weight is 396 g/mol. The molecule has 2 aromatic rings. The van der Waals surface area contributed by atoms with Crippen LogP contribution in [0, 0.1) is 0 Å². The first-order valence-corrected chi connectivity index (χ1v) is 11.0. The molecule has 1 aliphatic carbocycles. The third kappa shape index (κ3) is 4.61. The van der Waals surface area contributed by atoms with Crippen molar-refractivity contribution in [3.63, 3.8) is 0 Å². The van der Waals surface area contributed by atoms with Crippen molar-refractivity contribution in [2.45, 2.75) is 63.1 Å². The highest BCUT2D eigenvalue weighted by Crippen LogP contribution is 2.39. The maximum Gasteiger partial charge on any atom is 0.255 e. The summed E-state index contributed by atoms with van der Waals surface area (Å²) in [6, 6.07) is 10.3. The van der Waals surface area contributed by atoms with Crippen LogP contribution in [0.25, 0.3) is 0 Å². The number of nitrogens with zero attached hydrogens (tertiary/aromatic N) is 4. The summed E-state index contributed by atoms with van der Waals surface area (Å²) < 4.78 is 11.7. The van der Waals surface area contributed by atoms with Crippen molar-refractivity contribution in [3.05, 3.63) is 42.0 Å². The molecule has 7 nitrogen and oxygen atoms in total. The summed E-state index contributed by atoms with van der Waals surface area (Å²) in [6.07, 6.45) is 7.98. The van der Waals surface area contributed by atoms with Gasteiger partial charge >= 0.3 is 0 Å². The van der Waals surface area contributed by atoms with Crippen LogP contribution in [0.5, 0.6) is 0 Å². The number of benzene rings is 1. The second-order valence-corrected chi connectivity index (χ2v) is 8.29. The number of likely N-dealkylation sites (tertiary alicyclic amines) is 1. The van der Waals surface area contributed by atoms with Crippen LogP contribution in [0.1, 0.15) is 68.7 Å². The van der Waals surface area contributed by atoms with E-state index in [0.717, 1.165) is 43.4 Å². The molecular formula is C22H29N5O2. The van der Waals surface area contributed by atoms with Gasteiger partial charge in [0.25, 0.3) is 5.89 Å². The molecule has 2 saturated heterocycles. The van der Waals surface area contributed by atoms with Gasteiger partial charge in [0.05, 0.1) is 12.6 Å². The Morgan fingerprint density at radius 1 is 1.07 bits per heavy atom. The quantitative estimate of drug-likeness (QED) is 0.606. The summed E-state index contributed by atoms with van der Waals surface area (Å²) in [4.78, 5) is 11.9. The highest BCUT2D eigenvalue weighted by Gasteiger charge is 2.34. The normalized spacial score (nSPS) is 25.4. The van der Waals surface area contributed by atoms with Gasteiger partial charge in [-0.15, -0.1) is 0 Å². The molecule has 0 spiro atoms. The molecule has 0 radical (unpaired) electrons. The van der Waals surface area contributed by atoms with Crippen LogP contribution in [-0.4, -0.2) is 46.7 Å². The Hall–Kier alpha value is -2.41. The van der Waals surface area contributed by atoms with Crippen molar-refractivity contribution < 1.29 is 9.26 Å². The topological polar surface area (TPSA) is 75.8 Å². The Balaban J connectivity index is 1.22. The second kappa shape index (κ2) is 8.53. The van der Waals surface area contributed by atoms with E-state index in [-0.39, 0.29) is 12.2 Å². The molecule has 3 aliphatic rings. The van der Waals surface area contributed by atoms with Gasteiger partial charge in [-0.05, 0) is 57.1 Å². The minimum absolute atomic E-state index is 0.0873. The molecule has 0 amide bonds. The van der Waals surface area contributed by atoms with Crippen molar-refractivity contribution in [2.75, 3.05) is 25.0 Å². The minimum atomic E-state index is -0.0873. The van der Waals surface area contributed by atoms with E-state index in [1.54, 1.807) is 0 Å². The van der Waals surface area contributed by atoms with E-state index in [1.165, 1.54) is 32.1 Å². The van der Waals surface area contributed by atoms with E-state index in [2.05, 4.69) is 32.5 Å². The van der Waals surface area contributed by atoms with Crippen molar-refractivity contribution >= 4 is 11.6 Å². The molecule has 1 aromatic carbocycles. The van der Waals surface area contributed by atoms with Gasteiger partial charge in [-0.3, -0.25) is 4.99 Å². The Bertz CT molecular complexity index is 827. The van der Waals surface area contributed by atoms with E-state index in [1.807, 2.05) is 18.2 Å². The van der Waals surface area contributed by atoms with Gasteiger partial charge in [0.2, 0.25) is 0 Å². The molecule has 0 bridgehead atoms. The van der Waals surface area contributed by atoms with Crippen LogP contribution >= 0.6 is 0 Å². The molecule has 29 heavy (non-hydrogen) atoms. The molecule has 1 N–H and O–H groups in total. The first kappa shape index (κ1) is 18.6. The van der Waals surface area contributed by atoms with E-state index in [4.69, 9.17) is 14.3 Å². The van der Waals surface area contributed by atoms with Crippen LogP contribution in [0.2, 0.25) is 0 Å². The lowest BCUT2D eigenvalue weighted by molar-refractivity contribution is 0.0308. The van der Waals surface area contributed by atoms with Crippen molar-refractivity contribution in [1.29, 1.82) is 0 Å². The lowest BCUT2D eigenvalue weighted by Crippen LogP contribution is -2.40. The number of ether oxygens (including phenoxy) is 1. The summed E-state index contributed by atoms with van der Waals surface area (Å²) in [6.45, 7) is 2.75. The highest BCUT2D eigenvalue weighted by atomic mass is 16.5. The summed E-state index contributed by atoms with van der Waals surface area (Å²) in [5.41, 5.74) is 1.07. The third-order valence-electron chi connectivity index (χ3n) is 5.91. The predicted molar refractivity (Wildman–Crippen MR) is 111 cm³/mol. The number of hydrogen-bond acceptors (Lipinski definition) is 5. The van der Waals surface area contributed by atoms with E-state index >= 15 is 0 Å². The summed E-state index contributed by atoms with van der Waals surface area (Å²) >= 11 is 0. The molecule has 1 saturated carbocycles. The molecule has 7 heteroatoms. The summed E-state index contributed by atoms with van der Waals surface area (Å²) in [5, 5.41) is 7.64. The Morgan fingerprint density at radius 2 is 1.90 bits per heavy atom. The number of hydrogen-bond donors (Lipinski definition) is 1. The summed E-state index contributed by atoms with van der Waals surface area (Å²) in [7, 11) is 0. The number of guanidine groups is 1. The molecular weight excluding hydrogens is 366 g/mol. The number of nitrogens with one attached hydrogen (secondary N) is 1. The smallest absolute Gasteiger partial charge is 0.255 e. The van der Waals surface area contributed by atoms with Gasteiger partial charge in [-0.2, -0.15) is 4.98 Å². The lowest BCUT2D eigenvalue weighted by Gasteiger charge is -2.30. The first-order chi connectivity index (χ1) is 14.3. The van der Waals surface area contributed by atoms with Gasteiger partial charge in [0.15, 0.2) is 11.8 Å². The molecule has 1 aromatic heterocycles. The molecule has 3 fully saturated rings. The Kier molecular flexibility index (Phi) is 5.47. The maximum absolute atomic E-state index is 6.20. The number of rotatable bonds is 5. The number of aliphatic imine (C=N–C) groups is 1. The Labute approximate surface area is 171 Å². The van der Waals surface area contributed by atoms with E-state index < -0.39 is 0 Å². The van der Waals surface area contributed by atoms with Crippen molar-refractivity contribution in [3.8, 4) is 0 Å². The molecule has 2 atom stereocenters. The summed E-state index contributed by atoms with van der Waals surface area (Å²) in [5.74, 6) is 2.95. The predicted octanol–water partition coefficient (Wildman–Crippen LogP) is 4.12. The number of para-hydroxylation sites is 1. The van der Waals surface area contributed by atoms with E-state index in [9.17, 15) is 0 Å². The zero-order valence-corrected chi connectivity index (χ0v) is 16.8. The fraction of sp³-hybridized carbons (Fsp3) is 0.591. The average Bonchev–Trinajstić information content (AvgIpc) is 3.31. The van der Waals surface area contributed by atoms with Crippen molar-refractivity contribution in [2.24, 2.45) is 4.99 Å². The second-order valence-electron chi connectivity index (χ2n) is 8.29. The minimum Gasteiger partial charge on any atom is -0.363 e. The van der Waals surface area contributed by atoms with Gasteiger partial charge < -0.3 is 19.5 Å². The molecule has 2 aliphatic heterocycles.